The van der Waals surface area contributed by atoms with E-state index in [1.165, 1.54) is 12.8 Å². The van der Waals surface area contributed by atoms with Gasteiger partial charge in [0.05, 0.1) is 78.3 Å². The molecule has 7 heteroatoms. The molecule has 1 aromatic carbocycles. The second-order valence-electron chi connectivity index (χ2n) is 9.18. The van der Waals surface area contributed by atoms with E-state index in [4.69, 9.17) is 33.2 Å². The van der Waals surface area contributed by atoms with Crippen molar-refractivity contribution in [2.24, 2.45) is 0 Å². The van der Waals surface area contributed by atoms with Crippen molar-refractivity contribution in [1.29, 1.82) is 0 Å². The maximum absolute atomic E-state index is 6.40. The molecule has 2 saturated carbocycles. The second kappa shape index (κ2) is 12.9. The first-order valence-corrected chi connectivity index (χ1v) is 12.6. The monoisotopic (exact) mass is 464 g/mol. The summed E-state index contributed by atoms with van der Waals surface area (Å²) in [5.41, 5.74) is 1.95. The molecule has 0 radical (unpaired) electrons. The number of ether oxygens (including phenoxy) is 7. The van der Waals surface area contributed by atoms with Gasteiger partial charge >= 0.3 is 0 Å². The Balaban J connectivity index is 1.55. The van der Waals surface area contributed by atoms with E-state index in [-0.39, 0.29) is 24.4 Å². The Morgan fingerprint density at radius 1 is 0.606 bits per heavy atom. The van der Waals surface area contributed by atoms with E-state index in [2.05, 4.69) is 0 Å². The summed E-state index contributed by atoms with van der Waals surface area (Å²) >= 11 is 0. The lowest BCUT2D eigenvalue weighted by atomic mass is 9.94. The third-order valence-electron chi connectivity index (χ3n) is 6.97. The van der Waals surface area contributed by atoms with Crippen molar-refractivity contribution >= 4 is 0 Å². The zero-order chi connectivity index (χ0) is 22.9. The molecular formula is C26H40O7. The van der Waals surface area contributed by atoms with Crippen LogP contribution in [-0.2, 0) is 36.9 Å². The van der Waals surface area contributed by atoms with Gasteiger partial charge < -0.3 is 33.2 Å². The van der Waals surface area contributed by atoms with Gasteiger partial charge in [0.25, 0.3) is 0 Å². The summed E-state index contributed by atoms with van der Waals surface area (Å²) < 4.78 is 42.3. The van der Waals surface area contributed by atoms with Crippen molar-refractivity contribution in [2.45, 2.75) is 89.0 Å². The summed E-state index contributed by atoms with van der Waals surface area (Å²) in [6, 6.07) is 4.00. The van der Waals surface area contributed by atoms with Crippen molar-refractivity contribution < 1.29 is 33.2 Å². The predicted octanol–water partition coefficient (Wildman–Crippen LogP) is 4.42. The molecule has 2 bridgehead atoms. The van der Waals surface area contributed by atoms with E-state index in [1.54, 1.807) is 14.2 Å². The zero-order valence-electron chi connectivity index (χ0n) is 20.2. The van der Waals surface area contributed by atoms with Crippen molar-refractivity contribution in [1.82, 2.24) is 0 Å². The van der Waals surface area contributed by atoms with E-state index in [1.807, 2.05) is 12.1 Å². The average molecular weight is 465 g/mol. The quantitative estimate of drug-likeness (QED) is 0.642. The van der Waals surface area contributed by atoms with Gasteiger partial charge in [0.2, 0.25) is 0 Å². The Labute approximate surface area is 198 Å². The molecule has 0 aromatic heterocycles. The highest BCUT2D eigenvalue weighted by atomic mass is 16.6. The highest BCUT2D eigenvalue weighted by Gasteiger charge is 2.29. The first-order valence-electron chi connectivity index (χ1n) is 12.6. The molecule has 4 atom stereocenters. The lowest BCUT2D eigenvalue weighted by molar-refractivity contribution is -0.119. The van der Waals surface area contributed by atoms with Gasteiger partial charge in [0.1, 0.15) is 11.5 Å². The Bertz CT molecular complexity index is 672. The molecule has 0 unspecified atom stereocenters. The minimum Gasteiger partial charge on any atom is -0.497 e. The molecule has 0 N–H and O–H groups in total. The van der Waals surface area contributed by atoms with Crippen molar-refractivity contribution in [2.75, 3.05) is 40.6 Å². The summed E-state index contributed by atoms with van der Waals surface area (Å²) in [6.07, 6.45) is 9.05. The molecule has 0 spiro atoms. The van der Waals surface area contributed by atoms with Crippen LogP contribution < -0.4 is 9.47 Å². The third-order valence-corrected chi connectivity index (χ3v) is 6.97. The first-order chi connectivity index (χ1) is 16.3. The molecule has 0 saturated heterocycles. The third kappa shape index (κ3) is 6.83. The summed E-state index contributed by atoms with van der Waals surface area (Å²) in [5.74, 6) is 1.60. The predicted molar refractivity (Wildman–Crippen MR) is 124 cm³/mol. The standard InChI is InChI=1S/C26H40O7/c1-27-21-15-19-17-32-24-9-5-3-7-22(24)30-13-11-29-12-14-31-23-8-4-6-10-25(23)33-18-20(16-21)26(19)28-2/h15-16,22-25H,3-14,17-18H2,1-2H3/t22-,23-,24+,25+/m0/s1. The summed E-state index contributed by atoms with van der Waals surface area (Å²) in [6.45, 7) is 3.19. The molecule has 1 aliphatic heterocycles. The molecule has 1 aromatic rings. The number of hydrogen-bond acceptors (Lipinski definition) is 7. The SMILES string of the molecule is COc1cc2c(OC)c(c1)CO[C@@H]1CCCC[C@@H]1OCCOCCO[C@H]1CCCC[C@H]1OC2. The van der Waals surface area contributed by atoms with Gasteiger partial charge in [-0.05, 0) is 37.8 Å². The smallest absolute Gasteiger partial charge is 0.130 e. The summed E-state index contributed by atoms with van der Waals surface area (Å²) in [7, 11) is 3.40. The number of hydrogen-bond donors (Lipinski definition) is 0. The van der Waals surface area contributed by atoms with Crippen LogP contribution in [0.3, 0.4) is 0 Å². The zero-order valence-corrected chi connectivity index (χ0v) is 20.2. The van der Waals surface area contributed by atoms with E-state index in [0.717, 1.165) is 61.2 Å². The van der Waals surface area contributed by atoms with Crippen LogP contribution in [0.4, 0.5) is 0 Å². The molecule has 3 aliphatic rings. The van der Waals surface area contributed by atoms with Gasteiger partial charge in [-0.3, -0.25) is 0 Å². The van der Waals surface area contributed by atoms with Crippen LogP contribution in [0.2, 0.25) is 0 Å². The van der Waals surface area contributed by atoms with Gasteiger partial charge in [-0.25, -0.2) is 0 Å². The molecule has 4 rings (SSSR count). The lowest BCUT2D eigenvalue weighted by Crippen LogP contribution is -2.36. The van der Waals surface area contributed by atoms with Gasteiger partial charge in [-0.2, -0.15) is 0 Å². The Morgan fingerprint density at radius 3 is 1.48 bits per heavy atom. The van der Waals surface area contributed by atoms with Crippen molar-refractivity contribution in [3.05, 3.63) is 23.3 Å². The lowest BCUT2D eigenvalue weighted by Gasteiger charge is -2.33. The van der Waals surface area contributed by atoms with Gasteiger partial charge in [-0.15, -0.1) is 0 Å². The molecule has 1 heterocycles. The van der Waals surface area contributed by atoms with Crippen LogP contribution in [0.1, 0.15) is 62.5 Å². The Kier molecular flexibility index (Phi) is 9.68. The van der Waals surface area contributed by atoms with Crippen LogP contribution >= 0.6 is 0 Å². The summed E-state index contributed by atoms with van der Waals surface area (Å²) in [4.78, 5) is 0. The van der Waals surface area contributed by atoms with Crippen molar-refractivity contribution in [3.8, 4) is 11.5 Å². The number of fused-ring (bicyclic) bond motifs is 4. The topological polar surface area (TPSA) is 64.6 Å². The molecule has 2 aliphatic carbocycles. The molecule has 0 amide bonds. The normalized spacial score (nSPS) is 30.2. The summed E-state index contributed by atoms with van der Waals surface area (Å²) in [5, 5.41) is 0. The second-order valence-corrected chi connectivity index (χ2v) is 9.18. The van der Waals surface area contributed by atoms with Crippen LogP contribution in [0, 0.1) is 0 Å². The largest absolute Gasteiger partial charge is 0.497 e. The van der Waals surface area contributed by atoms with Crippen molar-refractivity contribution in [3.63, 3.8) is 0 Å². The molecule has 2 fully saturated rings. The van der Waals surface area contributed by atoms with E-state index >= 15 is 0 Å². The van der Waals surface area contributed by atoms with Crippen LogP contribution in [0.25, 0.3) is 0 Å². The molecular weight excluding hydrogens is 424 g/mol. The Morgan fingerprint density at radius 2 is 1.06 bits per heavy atom. The Hall–Kier alpha value is -1.38. The minimum atomic E-state index is 0.0690. The maximum Gasteiger partial charge on any atom is 0.130 e. The fourth-order valence-electron chi connectivity index (χ4n) is 5.22. The van der Waals surface area contributed by atoms with E-state index < -0.39 is 0 Å². The minimum absolute atomic E-state index is 0.0690. The maximum atomic E-state index is 6.40. The highest BCUT2D eigenvalue weighted by Crippen LogP contribution is 2.34. The fourth-order valence-corrected chi connectivity index (χ4v) is 5.22. The van der Waals surface area contributed by atoms with Gasteiger partial charge in [-0.1, -0.05) is 25.7 Å². The van der Waals surface area contributed by atoms with E-state index in [0.29, 0.717) is 39.6 Å². The number of methoxy groups -OCH3 is 2. The molecule has 7 nitrogen and oxygen atoms in total. The van der Waals surface area contributed by atoms with Crippen LogP contribution in [0.5, 0.6) is 11.5 Å². The molecule has 33 heavy (non-hydrogen) atoms. The van der Waals surface area contributed by atoms with Gasteiger partial charge in [0, 0.05) is 11.1 Å². The average Bonchev–Trinajstić information content (AvgIpc) is 2.85. The van der Waals surface area contributed by atoms with E-state index in [9.17, 15) is 0 Å². The molecule has 186 valence electrons. The number of benzene rings is 1. The fraction of sp³-hybridized carbons (Fsp3) is 0.769. The van der Waals surface area contributed by atoms with Crippen LogP contribution in [-0.4, -0.2) is 65.1 Å². The van der Waals surface area contributed by atoms with Crippen LogP contribution in [0.15, 0.2) is 12.1 Å². The highest BCUT2D eigenvalue weighted by molar-refractivity contribution is 5.47. The number of rotatable bonds is 2. The van der Waals surface area contributed by atoms with Gasteiger partial charge in [0.15, 0.2) is 0 Å². The first kappa shape index (κ1) is 24.7.